The predicted octanol–water partition coefficient (Wildman–Crippen LogP) is 0.762. The van der Waals surface area contributed by atoms with Crippen LogP contribution in [0, 0.1) is 11.3 Å². The van der Waals surface area contributed by atoms with E-state index >= 15 is 0 Å². The molecule has 6 nitrogen and oxygen atoms in total. The zero-order valence-corrected chi connectivity index (χ0v) is 11.4. The molecule has 1 aromatic rings. The highest BCUT2D eigenvalue weighted by molar-refractivity contribution is 5.98. The SMILES string of the molecule is CN(C)C(=O)CCN1C(=O)COc2ccc(C#N)cc21. The summed E-state index contributed by atoms with van der Waals surface area (Å²) in [6.45, 7) is 0.232. The molecule has 0 bridgehead atoms. The maximum Gasteiger partial charge on any atom is 0.265 e. The molecule has 1 heterocycles. The van der Waals surface area contributed by atoms with Gasteiger partial charge in [0.2, 0.25) is 5.91 Å². The molecule has 2 rings (SSSR count). The molecule has 0 N–H and O–H groups in total. The minimum atomic E-state index is -0.209. The molecule has 104 valence electrons. The van der Waals surface area contributed by atoms with Crippen molar-refractivity contribution in [1.82, 2.24) is 4.90 Å². The molecule has 1 aromatic carbocycles. The third-order valence-electron chi connectivity index (χ3n) is 3.08. The lowest BCUT2D eigenvalue weighted by molar-refractivity contribution is -0.128. The molecule has 0 unspecified atom stereocenters. The number of nitrogens with zero attached hydrogens (tertiary/aromatic N) is 3. The van der Waals surface area contributed by atoms with Crippen LogP contribution < -0.4 is 9.64 Å². The molecule has 6 heteroatoms. The van der Waals surface area contributed by atoms with Crippen molar-refractivity contribution in [3.8, 4) is 11.8 Å². The van der Waals surface area contributed by atoms with Crippen LogP contribution in [0.1, 0.15) is 12.0 Å². The number of fused-ring (bicyclic) bond motifs is 1. The van der Waals surface area contributed by atoms with Gasteiger partial charge in [-0.05, 0) is 18.2 Å². The highest BCUT2D eigenvalue weighted by atomic mass is 16.5. The standard InChI is InChI=1S/C14H15N3O3/c1-16(2)13(18)5-6-17-11-7-10(8-15)3-4-12(11)20-9-14(17)19/h3-4,7H,5-6,9H2,1-2H3. The summed E-state index contributed by atoms with van der Waals surface area (Å²) in [5, 5.41) is 8.93. The third-order valence-corrected chi connectivity index (χ3v) is 3.08. The topological polar surface area (TPSA) is 73.6 Å². The van der Waals surface area contributed by atoms with Crippen LogP contribution >= 0.6 is 0 Å². The second-order valence-corrected chi connectivity index (χ2v) is 4.67. The molecular weight excluding hydrogens is 258 g/mol. The molecule has 0 saturated heterocycles. The number of rotatable bonds is 3. The lowest BCUT2D eigenvalue weighted by Gasteiger charge is -2.29. The van der Waals surface area contributed by atoms with Crippen LogP contribution in [0.4, 0.5) is 5.69 Å². The summed E-state index contributed by atoms with van der Waals surface area (Å²) in [5.74, 6) is 0.294. The van der Waals surface area contributed by atoms with Crippen molar-refractivity contribution in [1.29, 1.82) is 5.26 Å². The Morgan fingerprint density at radius 3 is 2.90 bits per heavy atom. The van der Waals surface area contributed by atoms with Gasteiger partial charge < -0.3 is 14.5 Å². The quantitative estimate of drug-likeness (QED) is 0.815. The molecule has 0 aliphatic carbocycles. The Balaban J connectivity index is 2.23. The van der Waals surface area contributed by atoms with Crippen molar-refractivity contribution in [3.05, 3.63) is 23.8 Å². The first-order valence-corrected chi connectivity index (χ1v) is 6.20. The second-order valence-electron chi connectivity index (χ2n) is 4.67. The molecule has 0 spiro atoms. The first-order valence-electron chi connectivity index (χ1n) is 6.20. The molecule has 0 atom stereocenters. The normalized spacial score (nSPS) is 13.2. The Hall–Kier alpha value is -2.55. The van der Waals surface area contributed by atoms with Crippen LogP contribution in [-0.2, 0) is 9.59 Å². The van der Waals surface area contributed by atoms with Crippen molar-refractivity contribution < 1.29 is 14.3 Å². The van der Waals surface area contributed by atoms with Crippen LogP contribution in [0.3, 0.4) is 0 Å². The van der Waals surface area contributed by atoms with Crippen molar-refractivity contribution in [2.75, 3.05) is 32.1 Å². The van der Waals surface area contributed by atoms with Crippen molar-refractivity contribution in [2.45, 2.75) is 6.42 Å². The van der Waals surface area contributed by atoms with Crippen molar-refractivity contribution in [2.24, 2.45) is 0 Å². The number of carbonyl (C=O) groups excluding carboxylic acids is 2. The average Bonchev–Trinajstić information content (AvgIpc) is 2.45. The molecule has 0 saturated carbocycles. The third kappa shape index (κ3) is 2.72. The summed E-state index contributed by atoms with van der Waals surface area (Å²) in [4.78, 5) is 26.5. The Morgan fingerprint density at radius 2 is 2.25 bits per heavy atom. The predicted molar refractivity (Wildman–Crippen MR) is 72.3 cm³/mol. The van der Waals surface area contributed by atoms with E-state index in [4.69, 9.17) is 10.00 Å². The highest BCUT2D eigenvalue weighted by Gasteiger charge is 2.26. The molecule has 1 aliphatic heterocycles. The van der Waals surface area contributed by atoms with Crippen LogP contribution in [0.25, 0.3) is 0 Å². The first-order chi connectivity index (χ1) is 9.52. The van der Waals surface area contributed by atoms with E-state index in [1.807, 2.05) is 6.07 Å². The summed E-state index contributed by atoms with van der Waals surface area (Å²) < 4.78 is 5.32. The molecular formula is C14H15N3O3. The maximum absolute atomic E-state index is 11.9. The Kier molecular flexibility index (Phi) is 3.89. The van der Waals surface area contributed by atoms with Crippen LogP contribution in [0.5, 0.6) is 5.75 Å². The number of hydrogen-bond acceptors (Lipinski definition) is 4. The van der Waals surface area contributed by atoms with Gasteiger partial charge in [0.1, 0.15) is 5.75 Å². The van der Waals surface area contributed by atoms with E-state index in [9.17, 15) is 9.59 Å². The first kappa shape index (κ1) is 13.9. The number of anilines is 1. The fraction of sp³-hybridized carbons (Fsp3) is 0.357. The van der Waals surface area contributed by atoms with Gasteiger partial charge >= 0.3 is 0 Å². The lowest BCUT2D eigenvalue weighted by Crippen LogP contribution is -2.41. The zero-order valence-electron chi connectivity index (χ0n) is 11.4. The summed E-state index contributed by atoms with van der Waals surface area (Å²) in [7, 11) is 3.34. The van der Waals surface area contributed by atoms with E-state index in [2.05, 4.69) is 0 Å². The van der Waals surface area contributed by atoms with Crippen LogP contribution in [-0.4, -0.2) is 44.0 Å². The number of carbonyl (C=O) groups is 2. The summed E-state index contributed by atoms with van der Waals surface area (Å²) in [5.41, 5.74) is 0.998. The smallest absolute Gasteiger partial charge is 0.265 e. The number of ether oxygens (including phenoxy) is 1. The largest absolute Gasteiger partial charge is 0.482 e. The van der Waals surface area contributed by atoms with Gasteiger partial charge in [0.05, 0.1) is 17.3 Å². The lowest BCUT2D eigenvalue weighted by atomic mass is 10.1. The van der Waals surface area contributed by atoms with Gasteiger partial charge in [0.25, 0.3) is 5.91 Å². The molecule has 0 aromatic heterocycles. The van der Waals surface area contributed by atoms with Gasteiger partial charge in [-0.2, -0.15) is 5.26 Å². The van der Waals surface area contributed by atoms with Gasteiger partial charge in [0.15, 0.2) is 6.61 Å². The second kappa shape index (κ2) is 5.61. The number of amides is 2. The monoisotopic (exact) mass is 273 g/mol. The zero-order chi connectivity index (χ0) is 14.7. The fourth-order valence-electron chi connectivity index (χ4n) is 1.95. The number of nitriles is 1. The van der Waals surface area contributed by atoms with Gasteiger partial charge in [-0.1, -0.05) is 0 Å². The summed E-state index contributed by atoms with van der Waals surface area (Å²) >= 11 is 0. The maximum atomic E-state index is 11.9. The highest BCUT2D eigenvalue weighted by Crippen LogP contribution is 2.32. The van der Waals surface area contributed by atoms with Gasteiger partial charge in [-0.3, -0.25) is 9.59 Å². The van der Waals surface area contributed by atoms with Gasteiger partial charge in [-0.15, -0.1) is 0 Å². The Morgan fingerprint density at radius 1 is 1.50 bits per heavy atom. The number of hydrogen-bond donors (Lipinski definition) is 0. The Labute approximate surface area is 117 Å². The van der Waals surface area contributed by atoms with Gasteiger partial charge in [-0.25, -0.2) is 0 Å². The molecule has 2 amide bonds. The van der Waals surface area contributed by atoms with Gasteiger partial charge in [0, 0.05) is 27.1 Å². The summed E-state index contributed by atoms with van der Waals surface area (Å²) in [6.07, 6.45) is 0.231. The van der Waals surface area contributed by atoms with E-state index in [-0.39, 0.29) is 31.4 Å². The van der Waals surface area contributed by atoms with E-state index in [1.54, 1.807) is 32.3 Å². The van der Waals surface area contributed by atoms with Crippen molar-refractivity contribution >= 4 is 17.5 Å². The van der Waals surface area contributed by atoms with E-state index in [0.717, 1.165) is 0 Å². The van der Waals surface area contributed by atoms with E-state index in [0.29, 0.717) is 17.0 Å². The fourth-order valence-corrected chi connectivity index (χ4v) is 1.95. The molecule has 1 aliphatic rings. The summed E-state index contributed by atoms with van der Waals surface area (Å²) in [6, 6.07) is 6.94. The van der Waals surface area contributed by atoms with E-state index in [1.165, 1.54) is 9.80 Å². The van der Waals surface area contributed by atoms with Crippen LogP contribution in [0.15, 0.2) is 18.2 Å². The molecule has 20 heavy (non-hydrogen) atoms. The van der Waals surface area contributed by atoms with Crippen molar-refractivity contribution in [3.63, 3.8) is 0 Å². The Bertz CT molecular complexity index is 590. The molecule has 0 fully saturated rings. The molecule has 0 radical (unpaired) electrons. The average molecular weight is 273 g/mol. The van der Waals surface area contributed by atoms with E-state index < -0.39 is 0 Å². The number of benzene rings is 1. The minimum Gasteiger partial charge on any atom is -0.482 e. The van der Waals surface area contributed by atoms with Crippen LogP contribution in [0.2, 0.25) is 0 Å². The minimum absolute atomic E-state index is 0.0466.